The van der Waals surface area contributed by atoms with Crippen molar-refractivity contribution in [2.75, 3.05) is 26.9 Å². The molecule has 1 aliphatic heterocycles. The van der Waals surface area contributed by atoms with Crippen LogP contribution >= 0.6 is 0 Å². The van der Waals surface area contributed by atoms with Crippen molar-refractivity contribution in [1.29, 1.82) is 0 Å². The molecule has 0 aromatic carbocycles. The lowest BCUT2D eigenvalue weighted by molar-refractivity contribution is -0.282. The number of carbonyl (C=O) groups is 1. The molecule has 8 heteroatoms. The Labute approximate surface area is 187 Å². The lowest BCUT2D eigenvalue weighted by Crippen LogP contribution is -2.55. The summed E-state index contributed by atoms with van der Waals surface area (Å²) < 4.78 is 16.4. The molecule has 0 aromatic rings. The second-order valence-corrected chi connectivity index (χ2v) is 8.16. The summed E-state index contributed by atoms with van der Waals surface area (Å²) in [5.74, 6) is -0.189. The molecule has 8 nitrogen and oxygen atoms in total. The van der Waals surface area contributed by atoms with Crippen molar-refractivity contribution in [3.05, 3.63) is 0 Å². The zero-order valence-electron chi connectivity index (χ0n) is 18.9. The number of methoxy groups -OCH3 is 1. The highest BCUT2D eigenvalue weighted by atomic mass is 16.7. The molecular formula is C23H46O8. The van der Waals surface area contributed by atoms with Crippen molar-refractivity contribution >= 4 is 5.78 Å². The molecule has 2 rings (SSSR count). The minimum atomic E-state index is -1.12. The van der Waals surface area contributed by atoms with Gasteiger partial charge in [-0.05, 0) is 31.6 Å². The van der Waals surface area contributed by atoms with Crippen LogP contribution in [0, 0.1) is 17.8 Å². The van der Waals surface area contributed by atoms with E-state index < -0.39 is 36.6 Å². The SMILES string of the molecule is C.CC.COC[C@@H]1C[C@@H](O)CC1C(=O)CCCCCO[C@@H]1OC(CO)[C@H](O)[C@H](O)C1C. The van der Waals surface area contributed by atoms with Crippen LogP contribution in [0.1, 0.15) is 66.7 Å². The molecule has 3 unspecified atom stereocenters. The quantitative estimate of drug-likeness (QED) is 0.352. The Morgan fingerprint density at radius 3 is 2.35 bits per heavy atom. The monoisotopic (exact) mass is 450 g/mol. The van der Waals surface area contributed by atoms with Crippen LogP contribution in [0.4, 0.5) is 0 Å². The Balaban J connectivity index is 0.00000291. The first-order valence-corrected chi connectivity index (χ1v) is 11.3. The molecular weight excluding hydrogens is 404 g/mol. The minimum absolute atomic E-state index is 0. The van der Waals surface area contributed by atoms with Gasteiger partial charge in [-0.15, -0.1) is 0 Å². The summed E-state index contributed by atoms with van der Waals surface area (Å²) in [6.45, 7) is 6.28. The highest BCUT2D eigenvalue weighted by Crippen LogP contribution is 2.34. The summed E-state index contributed by atoms with van der Waals surface area (Å²) in [5.41, 5.74) is 0. The Hall–Kier alpha value is -0.610. The number of aliphatic hydroxyl groups excluding tert-OH is 4. The molecule has 1 saturated carbocycles. The average molecular weight is 451 g/mol. The summed E-state index contributed by atoms with van der Waals surface area (Å²) in [4.78, 5) is 12.4. The van der Waals surface area contributed by atoms with Crippen molar-refractivity contribution in [3.8, 4) is 0 Å². The second kappa shape index (κ2) is 16.1. The molecule has 186 valence electrons. The third-order valence-corrected chi connectivity index (χ3v) is 6.00. The first-order valence-electron chi connectivity index (χ1n) is 11.3. The highest BCUT2D eigenvalue weighted by Gasteiger charge is 2.42. The van der Waals surface area contributed by atoms with Crippen molar-refractivity contribution in [1.82, 2.24) is 0 Å². The molecule has 2 fully saturated rings. The van der Waals surface area contributed by atoms with Gasteiger partial charge in [-0.2, -0.15) is 0 Å². The van der Waals surface area contributed by atoms with Crippen molar-refractivity contribution < 1.29 is 39.4 Å². The summed E-state index contributed by atoms with van der Waals surface area (Å²) in [5, 5.41) is 38.9. The van der Waals surface area contributed by atoms with E-state index in [-0.39, 0.29) is 31.7 Å². The third-order valence-electron chi connectivity index (χ3n) is 6.00. The van der Waals surface area contributed by atoms with Crippen LogP contribution in [-0.4, -0.2) is 83.8 Å². The van der Waals surface area contributed by atoms with E-state index in [0.717, 1.165) is 19.3 Å². The molecule has 0 aromatic heterocycles. The molecule has 0 bridgehead atoms. The van der Waals surface area contributed by atoms with Crippen molar-refractivity contribution in [3.63, 3.8) is 0 Å². The Morgan fingerprint density at radius 2 is 1.74 bits per heavy atom. The summed E-state index contributed by atoms with van der Waals surface area (Å²) in [7, 11) is 1.62. The minimum Gasteiger partial charge on any atom is -0.394 e. The Bertz CT molecular complexity index is 472. The fourth-order valence-electron chi connectivity index (χ4n) is 4.26. The van der Waals surface area contributed by atoms with Gasteiger partial charge in [0.25, 0.3) is 0 Å². The normalized spacial score (nSPS) is 35.1. The third kappa shape index (κ3) is 9.04. The van der Waals surface area contributed by atoms with Crippen LogP contribution in [0.2, 0.25) is 0 Å². The topological polar surface area (TPSA) is 126 Å². The maximum atomic E-state index is 12.4. The fraction of sp³-hybridized carbons (Fsp3) is 0.957. The van der Waals surface area contributed by atoms with E-state index in [9.17, 15) is 25.2 Å². The lowest BCUT2D eigenvalue weighted by Gasteiger charge is -2.40. The molecule has 2 aliphatic rings. The van der Waals surface area contributed by atoms with Gasteiger partial charge in [-0.3, -0.25) is 4.79 Å². The Morgan fingerprint density at radius 1 is 1.06 bits per heavy atom. The number of aliphatic hydroxyl groups is 4. The Kier molecular flexibility index (Phi) is 15.8. The molecule has 31 heavy (non-hydrogen) atoms. The molecule has 1 heterocycles. The second-order valence-electron chi connectivity index (χ2n) is 8.16. The zero-order valence-corrected chi connectivity index (χ0v) is 18.9. The predicted molar refractivity (Wildman–Crippen MR) is 119 cm³/mol. The standard InChI is InChI=1S/C20H36O8.C2H6.CH4/c1-12-18(24)19(25)17(10-21)28-20(12)27-7-5-3-4-6-16(23)15-9-14(22)8-13(15)11-26-2;1-2;/h12-15,17-22,24-25H,3-11H2,1-2H3;1-2H3;1H4/t12?,13-,14+,15?,17?,18+,19-,20+;;/m0../s1. The molecule has 0 radical (unpaired) electrons. The van der Waals surface area contributed by atoms with Gasteiger partial charge in [0.2, 0.25) is 0 Å². The maximum absolute atomic E-state index is 12.4. The highest BCUT2D eigenvalue weighted by molar-refractivity contribution is 5.81. The molecule has 8 atom stereocenters. The average Bonchev–Trinajstić information content (AvgIpc) is 3.12. The van der Waals surface area contributed by atoms with Gasteiger partial charge >= 0.3 is 0 Å². The van der Waals surface area contributed by atoms with Crippen LogP contribution < -0.4 is 0 Å². The molecule has 0 amide bonds. The first kappa shape index (κ1) is 30.4. The van der Waals surface area contributed by atoms with Crippen LogP contribution in [0.5, 0.6) is 0 Å². The summed E-state index contributed by atoms with van der Waals surface area (Å²) in [6, 6.07) is 0. The van der Waals surface area contributed by atoms with Gasteiger partial charge in [-0.25, -0.2) is 0 Å². The van der Waals surface area contributed by atoms with Crippen molar-refractivity contribution in [2.24, 2.45) is 17.8 Å². The van der Waals surface area contributed by atoms with E-state index >= 15 is 0 Å². The molecule has 1 aliphatic carbocycles. The number of ether oxygens (including phenoxy) is 3. The van der Waals surface area contributed by atoms with E-state index in [1.54, 1.807) is 14.0 Å². The van der Waals surface area contributed by atoms with E-state index in [4.69, 9.17) is 14.2 Å². The molecule has 0 spiro atoms. The van der Waals surface area contributed by atoms with Crippen LogP contribution in [0.3, 0.4) is 0 Å². The summed E-state index contributed by atoms with van der Waals surface area (Å²) >= 11 is 0. The van der Waals surface area contributed by atoms with Gasteiger partial charge in [0.05, 0.1) is 18.8 Å². The lowest BCUT2D eigenvalue weighted by atomic mass is 9.90. The number of carbonyl (C=O) groups excluding carboxylic acids is 1. The van der Waals surface area contributed by atoms with Gasteiger partial charge in [-0.1, -0.05) is 34.6 Å². The fourth-order valence-corrected chi connectivity index (χ4v) is 4.26. The van der Waals surface area contributed by atoms with E-state index in [2.05, 4.69) is 0 Å². The van der Waals surface area contributed by atoms with E-state index in [1.807, 2.05) is 13.8 Å². The molecule has 1 saturated heterocycles. The first-order chi connectivity index (χ1) is 14.4. The number of rotatable bonds is 11. The van der Waals surface area contributed by atoms with Gasteiger partial charge in [0, 0.05) is 38.6 Å². The zero-order chi connectivity index (χ0) is 22.7. The molecule has 4 N–H and O–H groups in total. The number of ketones is 1. The maximum Gasteiger partial charge on any atom is 0.163 e. The van der Waals surface area contributed by atoms with Crippen LogP contribution in [-0.2, 0) is 19.0 Å². The smallest absolute Gasteiger partial charge is 0.163 e. The van der Waals surface area contributed by atoms with E-state index in [0.29, 0.717) is 32.5 Å². The summed E-state index contributed by atoms with van der Waals surface area (Å²) in [6.07, 6.45) is -0.0683. The number of hydrogen-bond acceptors (Lipinski definition) is 8. The number of hydrogen-bond donors (Lipinski definition) is 4. The number of Topliss-reactive ketones (excluding diaryl/α,β-unsaturated/α-hetero) is 1. The van der Waals surface area contributed by atoms with Crippen LogP contribution in [0.15, 0.2) is 0 Å². The van der Waals surface area contributed by atoms with Crippen LogP contribution in [0.25, 0.3) is 0 Å². The van der Waals surface area contributed by atoms with E-state index in [1.165, 1.54) is 0 Å². The van der Waals surface area contributed by atoms with Gasteiger partial charge in [0.15, 0.2) is 6.29 Å². The predicted octanol–water partition coefficient (Wildman–Crippen LogP) is 1.90. The largest absolute Gasteiger partial charge is 0.394 e. The van der Waals surface area contributed by atoms with Crippen molar-refractivity contribution in [2.45, 2.75) is 97.4 Å². The van der Waals surface area contributed by atoms with Gasteiger partial charge in [0.1, 0.15) is 18.0 Å². The van der Waals surface area contributed by atoms with Gasteiger partial charge < -0.3 is 34.6 Å². The number of unbranched alkanes of at least 4 members (excludes halogenated alkanes) is 2.